The van der Waals surface area contributed by atoms with Crippen LogP contribution in [0.1, 0.15) is 37.9 Å². The van der Waals surface area contributed by atoms with Crippen LogP contribution in [0.2, 0.25) is 0 Å². The minimum absolute atomic E-state index is 0. The average molecular weight is 432 g/mol. The van der Waals surface area contributed by atoms with E-state index in [0.717, 1.165) is 23.1 Å². The molecule has 0 spiro atoms. The van der Waals surface area contributed by atoms with Crippen molar-refractivity contribution in [3.8, 4) is 0 Å². The molecule has 1 N–H and O–H groups in total. The average Bonchev–Trinajstić information content (AvgIpc) is 2.63. The predicted molar refractivity (Wildman–Crippen MR) is 106 cm³/mol. The fourth-order valence-electron chi connectivity index (χ4n) is 3.74. The van der Waals surface area contributed by atoms with Crippen LogP contribution in [-0.4, -0.2) is 43.6 Å². The standard InChI is InChI=1S/C19H27BrN2O2.ClH/c1-14(15-6-8-21-9-7-15)12-19(23)22-10-11-24-18(13-22)16-2-4-17(20)5-3-16;/h2-5,14-15,18,21H,6-13H2,1H3;1H. The zero-order valence-corrected chi connectivity index (χ0v) is 17.2. The Morgan fingerprint density at radius 1 is 1.32 bits per heavy atom. The van der Waals surface area contributed by atoms with Gasteiger partial charge in [-0.15, -0.1) is 12.4 Å². The second kappa shape index (κ2) is 9.91. The summed E-state index contributed by atoms with van der Waals surface area (Å²) in [6, 6.07) is 8.19. The molecule has 2 saturated heterocycles. The summed E-state index contributed by atoms with van der Waals surface area (Å²) in [6.45, 7) is 6.41. The van der Waals surface area contributed by atoms with E-state index in [0.29, 0.717) is 38.0 Å². The lowest BCUT2D eigenvalue weighted by Gasteiger charge is -2.35. The van der Waals surface area contributed by atoms with Gasteiger partial charge in [0.1, 0.15) is 6.10 Å². The molecule has 0 saturated carbocycles. The monoisotopic (exact) mass is 430 g/mol. The zero-order valence-electron chi connectivity index (χ0n) is 14.7. The van der Waals surface area contributed by atoms with Gasteiger partial charge < -0.3 is 15.0 Å². The number of piperidine rings is 1. The van der Waals surface area contributed by atoms with Gasteiger partial charge in [-0.05, 0) is 55.5 Å². The second-order valence-corrected chi connectivity index (χ2v) is 7.94. The Kier molecular flexibility index (Phi) is 8.20. The summed E-state index contributed by atoms with van der Waals surface area (Å²) in [7, 11) is 0. The molecule has 0 aromatic heterocycles. The molecule has 25 heavy (non-hydrogen) atoms. The van der Waals surface area contributed by atoms with Crippen molar-refractivity contribution in [1.82, 2.24) is 10.2 Å². The molecule has 2 unspecified atom stereocenters. The fourth-order valence-corrected chi connectivity index (χ4v) is 4.00. The minimum Gasteiger partial charge on any atom is -0.370 e. The van der Waals surface area contributed by atoms with Gasteiger partial charge in [-0.2, -0.15) is 0 Å². The number of benzene rings is 1. The first kappa shape index (κ1) is 20.7. The van der Waals surface area contributed by atoms with Crippen molar-refractivity contribution in [3.05, 3.63) is 34.3 Å². The van der Waals surface area contributed by atoms with Crippen molar-refractivity contribution in [2.45, 2.75) is 32.3 Å². The Morgan fingerprint density at radius 2 is 2.00 bits per heavy atom. The first-order valence-corrected chi connectivity index (χ1v) is 9.78. The smallest absolute Gasteiger partial charge is 0.223 e. The van der Waals surface area contributed by atoms with Gasteiger partial charge in [0.15, 0.2) is 0 Å². The van der Waals surface area contributed by atoms with Gasteiger partial charge in [-0.25, -0.2) is 0 Å². The molecule has 3 rings (SSSR count). The van der Waals surface area contributed by atoms with E-state index in [1.54, 1.807) is 0 Å². The number of ether oxygens (including phenoxy) is 1. The largest absolute Gasteiger partial charge is 0.370 e. The number of rotatable bonds is 4. The Labute approximate surface area is 165 Å². The van der Waals surface area contributed by atoms with Crippen LogP contribution in [0, 0.1) is 11.8 Å². The molecule has 0 bridgehead atoms. The van der Waals surface area contributed by atoms with E-state index in [9.17, 15) is 4.79 Å². The Hall–Kier alpha value is -0.620. The Morgan fingerprint density at radius 3 is 2.68 bits per heavy atom. The summed E-state index contributed by atoms with van der Waals surface area (Å²) in [5, 5.41) is 3.40. The number of morpholine rings is 1. The van der Waals surface area contributed by atoms with Crippen LogP contribution < -0.4 is 5.32 Å². The first-order chi connectivity index (χ1) is 11.6. The minimum atomic E-state index is -0.00927. The summed E-state index contributed by atoms with van der Waals surface area (Å²) in [6.07, 6.45) is 3.04. The van der Waals surface area contributed by atoms with E-state index < -0.39 is 0 Å². The van der Waals surface area contributed by atoms with Crippen LogP contribution in [0.3, 0.4) is 0 Å². The van der Waals surface area contributed by atoms with E-state index in [-0.39, 0.29) is 24.4 Å². The third-order valence-corrected chi connectivity index (χ3v) is 5.87. The first-order valence-electron chi connectivity index (χ1n) is 8.99. The molecule has 1 amide bonds. The lowest BCUT2D eigenvalue weighted by atomic mass is 9.84. The number of carbonyl (C=O) groups excluding carboxylic acids is 1. The number of nitrogens with one attached hydrogen (secondary N) is 1. The highest BCUT2D eigenvalue weighted by atomic mass is 79.9. The Bertz CT molecular complexity index is 549. The second-order valence-electron chi connectivity index (χ2n) is 7.02. The van der Waals surface area contributed by atoms with Crippen LogP contribution in [0.15, 0.2) is 28.7 Å². The predicted octanol–water partition coefficient (Wildman–Crippen LogP) is 3.80. The van der Waals surface area contributed by atoms with Gasteiger partial charge in [0.25, 0.3) is 0 Å². The highest BCUT2D eigenvalue weighted by Gasteiger charge is 2.28. The molecule has 2 aliphatic rings. The molecule has 2 fully saturated rings. The van der Waals surface area contributed by atoms with Crippen LogP contribution in [0.4, 0.5) is 0 Å². The van der Waals surface area contributed by atoms with Gasteiger partial charge >= 0.3 is 0 Å². The van der Waals surface area contributed by atoms with Crippen LogP contribution in [-0.2, 0) is 9.53 Å². The van der Waals surface area contributed by atoms with Crippen LogP contribution >= 0.6 is 28.3 Å². The summed E-state index contributed by atoms with van der Waals surface area (Å²) in [5.74, 6) is 1.43. The third kappa shape index (κ3) is 5.68. The van der Waals surface area contributed by atoms with E-state index in [1.165, 1.54) is 12.8 Å². The molecule has 0 aliphatic carbocycles. The number of halogens is 2. The molecule has 6 heteroatoms. The van der Waals surface area contributed by atoms with Gasteiger partial charge in [0.05, 0.1) is 13.2 Å². The van der Waals surface area contributed by atoms with Crippen molar-refractivity contribution >= 4 is 34.2 Å². The maximum atomic E-state index is 12.7. The maximum absolute atomic E-state index is 12.7. The van der Waals surface area contributed by atoms with E-state index in [1.807, 2.05) is 17.0 Å². The van der Waals surface area contributed by atoms with E-state index >= 15 is 0 Å². The van der Waals surface area contributed by atoms with Crippen LogP contribution in [0.5, 0.6) is 0 Å². The summed E-state index contributed by atoms with van der Waals surface area (Å²) >= 11 is 3.46. The number of hydrogen-bond acceptors (Lipinski definition) is 3. The van der Waals surface area contributed by atoms with Gasteiger partial charge in [-0.1, -0.05) is 35.0 Å². The van der Waals surface area contributed by atoms with Gasteiger partial charge in [0.2, 0.25) is 5.91 Å². The van der Waals surface area contributed by atoms with E-state index in [2.05, 4.69) is 40.3 Å². The SMILES string of the molecule is CC(CC(=O)N1CCOC(c2ccc(Br)cc2)C1)C1CCNCC1.Cl. The molecule has 0 radical (unpaired) electrons. The highest BCUT2D eigenvalue weighted by molar-refractivity contribution is 9.10. The van der Waals surface area contributed by atoms with Crippen molar-refractivity contribution in [2.75, 3.05) is 32.8 Å². The zero-order chi connectivity index (χ0) is 16.9. The summed E-state index contributed by atoms with van der Waals surface area (Å²) in [4.78, 5) is 14.7. The summed E-state index contributed by atoms with van der Waals surface area (Å²) in [5.41, 5.74) is 1.14. The molecule has 2 heterocycles. The van der Waals surface area contributed by atoms with Crippen LogP contribution in [0.25, 0.3) is 0 Å². The maximum Gasteiger partial charge on any atom is 0.223 e. The number of nitrogens with zero attached hydrogens (tertiary/aromatic N) is 1. The number of amides is 1. The normalized spacial score (nSPS) is 23.0. The fraction of sp³-hybridized carbons (Fsp3) is 0.632. The highest BCUT2D eigenvalue weighted by Crippen LogP contribution is 2.27. The molecular formula is C19H28BrClN2O2. The summed E-state index contributed by atoms with van der Waals surface area (Å²) < 4.78 is 6.95. The van der Waals surface area contributed by atoms with Crippen molar-refractivity contribution in [3.63, 3.8) is 0 Å². The van der Waals surface area contributed by atoms with Gasteiger partial charge in [0, 0.05) is 17.4 Å². The number of carbonyl (C=O) groups is 1. The van der Waals surface area contributed by atoms with Gasteiger partial charge in [-0.3, -0.25) is 4.79 Å². The molecule has 140 valence electrons. The lowest BCUT2D eigenvalue weighted by molar-refractivity contribution is -0.140. The van der Waals surface area contributed by atoms with E-state index in [4.69, 9.17) is 4.74 Å². The van der Waals surface area contributed by atoms with Crippen molar-refractivity contribution in [1.29, 1.82) is 0 Å². The molecular weight excluding hydrogens is 404 g/mol. The lowest BCUT2D eigenvalue weighted by Crippen LogP contribution is -2.43. The molecule has 2 atom stereocenters. The topological polar surface area (TPSA) is 41.6 Å². The molecule has 2 aliphatic heterocycles. The molecule has 4 nitrogen and oxygen atoms in total. The Balaban J connectivity index is 0.00000225. The van der Waals surface area contributed by atoms with Crippen molar-refractivity contribution in [2.24, 2.45) is 11.8 Å². The third-order valence-electron chi connectivity index (χ3n) is 5.35. The molecule has 1 aromatic carbocycles. The number of hydrogen-bond donors (Lipinski definition) is 1. The quantitative estimate of drug-likeness (QED) is 0.788. The van der Waals surface area contributed by atoms with Crippen molar-refractivity contribution < 1.29 is 9.53 Å². The molecule has 1 aromatic rings.